The Balaban J connectivity index is 2.04. The fraction of sp³-hybridized carbons (Fsp3) is 0.211. The maximum atomic E-state index is 12.0. The highest BCUT2D eigenvalue weighted by atomic mass is 16.2. The Morgan fingerprint density at radius 2 is 1.50 bits per heavy atom. The number of nitrogens with one attached hydrogen (secondary N) is 2. The smallest absolute Gasteiger partial charge is 0.314 e. The molecule has 2 amide bonds. The van der Waals surface area contributed by atoms with Crippen molar-refractivity contribution in [3.8, 4) is 6.07 Å². The highest BCUT2D eigenvalue weighted by Gasteiger charge is 2.17. The van der Waals surface area contributed by atoms with Crippen molar-refractivity contribution in [2.24, 2.45) is 0 Å². The Kier molecular flexibility index (Phi) is 5.00. The van der Waals surface area contributed by atoms with Crippen LogP contribution in [0.1, 0.15) is 31.9 Å². The van der Waals surface area contributed by atoms with Crippen LogP contribution >= 0.6 is 0 Å². The molecular formula is C19H19N3O2. The van der Waals surface area contributed by atoms with Crippen molar-refractivity contribution in [1.29, 1.82) is 5.26 Å². The molecular weight excluding hydrogens is 302 g/mol. The van der Waals surface area contributed by atoms with Crippen molar-refractivity contribution in [3.05, 3.63) is 59.7 Å². The van der Waals surface area contributed by atoms with Gasteiger partial charge in [-0.25, -0.2) is 0 Å². The number of rotatable bonds is 2. The lowest BCUT2D eigenvalue weighted by molar-refractivity contribution is -0.133. The van der Waals surface area contributed by atoms with Gasteiger partial charge in [0.2, 0.25) is 0 Å². The van der Waals surface area contributed by atoms with Gasteiger partial charge in [0.15, 0.2) is 0 Å². The van der Waals surface area contributed by atoms with Crippen LogP contribution < -0.4 is 10.6 Å². The van der Waals surface area contributed by atoms with Crippen molar-refractivity contribution in [3.63, 3.8) is 0 Å². The summed E-state index contributed by atoms with van der Waals surface area (Å²) in [6.07, 6.45) is 0. The lowest BCUT2D eigenvalue weighted by atomic mass is 9.87. The lowest BCUT2D eigenvalue weighted by Crippen LogP contribution is -2.29. The van der Waals surface area contributed by atoms with Gasteiger partial charge in [0, 0.05) is 5.69 Å². The summed E-state index contributed by atoms with van der Waals surface area (Å²) >= 11 is 0. The first-order valence-electron chi connectivity index (χ1n) is 7.53. The molecule has 122 valence electrons. The Labute approximate surface area is 141 Å². The molecule has 0 saturated carbocycles. The Morgan fingerprint density at radius 1 is 0.917 bits per heavy atom. The lowest BCUT2D eigenvalue weighted by Gasteiger charge is -2.19. The third-order valence-corrected chi connectivity index (χ3v) is 3.51. The first-order valence-corrected chi connectivity index (χ1v) is 7.53. The van der Waals surface area contributed by atoms with Crippen LogP contribution in [0.3, 0.4) is 0 Å². The molecule has 0 aliphatic carbocycles. The predicted octanol–water partition coefficient (Wildman–Crippen LogP) is 3.43. The number of nitrogens with zero attached hydrogens (tertiary/aromatic N) is 1. The zero-order chi connectivity index (χ0) is 17.7. The number of hydrogen-bond donors (Lipinski definition) is 2. The molecule has 0 radical (unpaired) electrons. The highest BCUT2D eigenvalue weighted by Crippen LogP contribution is 2.23. The van der Waals surface area contributed by atoms with Gasteiger partial charge in [0.05, 0.1) is 11.3 Å². The number of para-hydroxylation sites is 1. The molecule has 0 spiro atoms. The van der Waals surface area contributed by atoms with Crippen LogP contribution in [0.5, 0.6) is 0 Å². The molecule has 0 aliphatic heterocycles. The fourth-order valence-corrected chi connectivity index (χ4v) is 2.11. The third-order valence-electron chi connectivity index (χ3n) is 3.51. The van der Waals surface area contributed by atoms with Crippen LogP contribution in [0.25, 0.3) is 0 Å². The molecule has 0 saturated heterocycles. The molecule has 24 heavy (non-hydrogen) atoms. The Hall–Kier alpha value is -3.13. The molecule has 2 aromatic carbocycles. The summed E-state index contributed by atoms with van der Waals surface area (Å²) in [4.78, 5) is 24.0. The standard InChI is InChI=1S/C19H19N3O2/c1-19(2,3)14-8-10-15(11-9-14)21-17(23)18(24)22-16-7-5-4-6-13(16)12-20/h4-11H,1-3H3,(H,21,23)(H,22,24). The maximum absolute atomic E-state index is 12.0. The first-order chi connectivity index (χ1) is 11.3. The first kappa shape index (κ1) is 17.2. The molecule has 5 heteroatoms. The highest BCUT2D eigenvalue weighted by molar-refractivity contribution is 6.43. The summed E-state index contributed by atoms with van der Waals surface area (Å²) in [6.45, 7) is 6.29. The number of benzene rings is 2. The zero-order valence-corrected chi connectivity index (χ0v) is 13.9. The second-order valence-electron chi connectivity index (χ2n) is 6.39. The zero-order valence-electron chi connectivity index (χ0n) is 13.9. The predicted molar refractivity (Wildman–Crippen MR) is 93.6 cm³/mol. The Morgan fingerprint density at radius 3 is 2.08 bits per heavy atom. The van der Waals surface area contributed by atoms with E-state index in [4.69, 9.17) is 5.26 Å². The summed E-state index contributed by atoms with van der Waals surface area (Å²) in [5.74, 6) is -1.61. The van der Waals surface area contributed by atoms with Crippen LogP contribution in [0.4, 0.5) is 11.4 Å². The molecule has 0 unspecified atom stereocenters. The van der Waals surface area contributed by atoms with Gasteiger partial charge in [-0.15, -0.1) is 0 Å². The molecule has 0 aliphatic rings. The van der Waals surface area contributed by atoms with E-state index in [1.807, 2.05) is 18.2 Å². The molecule has 2 rings (SSSR count). The van der Waals surface area contributed by atoms with E-state index in [0.29, 0.717) is 16.9 Å². The molecule has 0 fully saturated rings. The summed E-state index contributed by atoms with van der Waals surface area (Å²) in [5.41, 5.74) is 2.29. The van der Waals surface area contributed by atoms with Gasteiger partial charge in [-0.3, -0.25) is 9.59 Å². The second-order valence-corrected chi connectivity index (χ2v) is 6.39. The van der Waals surface area contributed by atoms with Gasteiger partial charge in [-0.05, 0) is 35.2 Å². The molecule has 0 aromatic heterocycles. The number of carbonyl (C=O) groups is 2. The normalized spacial score (nSPS) is 10.6. The van der Waals surface area contributed by atoms with Crippen LogP contribution in [0, 0.1) is 11.3 Å². The number of anilines is 2. The average molecular weight is 321 g/mol. The minimum atomic E-state index is -0.822. The van der Waals surface area contributed by atoms with Gasteiger partial charge in [-0.1, -0.05) is 45.0 Å². The van der Waals surface area contributed by atoms with Gasteiger partial charge in [0.25, 0.3) is 0 Å². The SMILES string of the molecule is CC(C)(C)c1ccc(NC(=O)C(=O)Nc2ccccc2C#N)cc1. The van der Waals surface area contributed by atoms with E-state index < -0.39 is 11.8 Å². The third kappa shape index (κ3) is 4.20. The fourth-order valence-electron chi connectivity index (χ4n) is 2.11. The molecule has 2 N–H and O–H groups in total. The number of nitriles is 1. The van der Waals surface area contributed by atoms with Crippen LogP contribution in [-0.2, 0) is 15.0 Å². The van der Waals surface area contributed by atoms with E-state index in [1.54, 1.807) is 36.4 Å². The van der Waals surface area contributed by atoms with Crippen molar-refractivity contribution in [1.82, 2.24) is 0 Å². The topological polar surface area (TPSA) is 82.0 Å². The molecule has 0 atom stereocenters. The summed E-state index contributed by atoms with van der Waals surface area (Å²) < 4.78 is 0. The maximum Gasteiger partial charge on any atom is 0.314 e. The van der Waals surface area contributed by atoms with Crippen LogP contribution in [0.2, 0.25) is 0 Å². The van der Waals surface area contributed by atoms with E-state index in [-0.39, 0.29) is 5.41 Å². The summed E-state index contributed by atoms with van der Waals surface area (Å²) in [7, 11) is 0. The van der Waals surface area contributed by atoms with Crippen LogP contribution in [0.15, 0.2) is 48.5 Å². The van der Waals surface area contributed by atoms with E-state index in [0.717, 1.165) is 5.56 Å². The molecule has 0 heterocycles. The largest absolute Gasteiger partial charge is 0.318 e. The second kappa shape index (κ2) is 6.97. The molecule has 0 bridgehead atoms. The molecule has 2 aromatic rings. The van der Waals surface area contributed by atoms with E-state index in [2.05, 4.69) is 31.4 Å². The van der Waals surface area contributed by atoms with E-state index >= 15 is 0 Å². The number of hydrogen-bond acceptors (Lipinski definition) is 3. The summed E-state index contributed by atoms with van der Waals surface area (Å²) in [6, 6.07) is 15.8. The average Bonchev–Trinajstić information content (AvgIpc) is 2.55. The van der Waals surface area contributed by atoms with Gasteiger partial charge < -0.3 is 10.6 Å². The van der Waals surface area contributed by atoms with E-state index in [9.17, 15) is 9.59 Å². The monoisotopic (exact) mass is 321 g/mol. The van der Waals surface area contributed by atoms with Gasteiger partial charge in [-0.2, -0.15) is 5.26 Å². The minimum Gasteiger partial charge on any atom is -0.318 e. The molecule has 5 nitrogen and oxygen atoms in total. The van der Waals surface area contributed by atoms with E-state index in [1.165, 1.54) is 0 Å². The van der Waals surface area contributed by atoms with Crippen molar-refractivity contribution in [2.45, 2.75) is 26.2 Å². The number of carbonyl (C=O) groups excluding carboxylic acids is 2. The quantitative estimate of drug-likeness (QED) is 0.831. The van der Waals surface area contributed by atoms with Crippen LogP contribution in [-0.4, -0.2) is 11.8 Å². The van der Waals surface area contributed by atoms with Crippen molar-refractivity contribution < 1.29 is 9.59 Å². The number of amides is 2. The van der Waals surface area contributed by atoms with Crippen molar-refractivity contribution in [2.75, 3.05) is 10.6 Å². The Bertz CT molecular complexity index is 797. The minimum absolute atomic E-state index is 0.0148. The van der Waals surface area contributed by atoms with Gasteiger partial charge >= 0.3 is 11.8 Å². The van der Waals surface area contributed by atoms with Crippen molar-refractivity contribution >= 4 is 23.2 Å². The summed E-state index contributed by atoms with van der Waals surface area (Å²) in [5, 5.41) is 14.0. The van der Waals surface area contributed by atoms with Gasteiger partial charge in [0.1, 0.15) is 6.07 Å².